The molecule has 0 unspecified atom stereocenters. The summed E-state index contributed by atoms with van der Waals surface area (Å²) in [6.07, 6.45) is 0.225. The van der Waals surface area contributed by atoms with Crippen LogP contribution in [0.15, 0.2) is 22.7 Å². The van der Waals surface area contributed by atoms with Crippen molar-refractivity contribution in [2.24, 2.45) is 0 Å². The maximum absolute atomic E-state index is 12.8. The van der Waals surface area contributed by atoms with Crippen LogP contribution in [0, 0.1) is 5.82 Å². The first-order chi connectivity index (χ1) is 7.09. The molecule has 1 heterocycles. The summed E-state index contributed by atoms with van der Waals surface area (Å²) in [5.41, 5.74) is 0.534. The van der Waals surface area contributed by atoms with Gasteiger partial charge in [0.05, 0.1) is 5.69 Å². The zero-order valence-corrected chi connectivity index (χ0v) is 9.25. The van der Waals surface area contributed by atoms with Crippen LogP contribution in [-0.4, -0.2) is 18.2 Å². The molecule has 1 amide bonds. The molecule has 0 aliphatic carbocycles. The lowest BCUT2D eigenvalue weighted by Gasteiger charge is -2.16. The zero-order valence-electron chi connectivity index (χ0n) is 7.67. The van der Waals surface area contributed by atoms with Gasteiger partial charge in [0, 0.05) is 17.4 Å². The second kappa shape index (κ2) is 3.73. The number of halogens is 2. The van der Waals surface area contributed by atoms with E-state index in [9.17, 15) is 14.0 Å². The lowest BCUT2D eigenvalue weighted by Crippen LogP contribution is -2.27. The van der Waals surface area contributed by atoms with E-state index in [1.807, 2.05) is 0 Å². The van der Waals surface area contributed by atoms with E-state index >= 15 is 0 Å². The molecule has 0 N–H and O–H groups in total. The Morgan fingerprint density at radius 1 is 1.33 bits per heavy atom. The number of carbonyl (C=O) groups is 2. The molecule has 0 saturated carbocycles. The monoisotopic (exact) mass is 271 g/mol. The van der Waals surface area contributed by atoms with Crippen molar-refractivity contribution in [1.29, 1.82) is 0 Å². The van der Waals surface area contributed by atoms with Crippen molar-refractivity contribution in [1.82, 2.24) is 0 Å². The number of benzene rings is 1. The second-order valence-corrected chi connectivity index (χ2v) is 4.08. The number of amides is 1. The van der Waals surface area contributed by atoms with Gasteiger partial charge in [0.1, 0.15) is 5.82 Å². The largest absolute Gasteiger partial charge is 0.304 e. The average molecular weight is 272 g/mol. The molecule has 78 valence electrons. The summed E-state index contributed by atoms with van der Waals surface area (Å²) >= 11 is 3.16. The lowest BCUT2D eigenvalue weighted by atomic mass is 10.3. The summed E-state index contributed by atoms with van der Waals surface area (Å²) in [6.45, 7) is 0.363. The van der Waals surface area contributed by atoms with Gasteiger partial charge < -0.3 is 4.90 Å². The Kier molecular flexibility index (Phi) is 2.56. The van der Waals surface area contributed by atoms with Gasteiger partial charge in [-0.05, 0) is 34.1 Å². The quantitative estimate of drug-likeness (QED) is 0.732. The Labute approximate surface area is 94.0 Å². The SMILES string of the molecule is O=C1CCN(c2ccc(F)cc2Br)C1=O. The van der Waals surface area contributed by atoms with Gasteiger partial charge in [-0.15, -0.1) is 0 Å². The first-order valence-electron chi connectivity index (χ1n) is 4.39. The zero-order chi connectivity index (χ0) is 11.0. The fourth-order valence-electron chi connectivity index (χ4n) is 1.50. The van der Waals surface area contributed by atoms with Crippen LogP contribution in [0.4, 0.5) is 10.1 Å². The first-order valence-corrected chi connectivity index (χ1v) is 5.18. The summed E-state index contributed by atoms with van der Waals surface area (Å²) < 4.78 is 13.3. The summed E-state index contributed by atoms with van der Waals surface area (Å²) in [5, 5.41) is 0. The van der Waals surface area contributed by atoms with Crippen molar-refractivity contribution in [2.75, 3.05) is 11.4 Å². The highest BCUT2D eigenvalue weighted by molar-refractivity contribution is 9.10. The Balaban J connectivity index is 2.38. The highest BCUT2D eigenvalue weighted by Gasteiger charge is 2.31. The molecule has 1 aliphatic heterocycles. The Bertz CT molecular complexity index is 447. The molecule has 1 fully saturated rings. The van der Waals surface area contributed by atoms with E-state index in [-0.39, 0.29) is 12.2 Å². The number of anilines is 1. The summed E-state index contributed by atoms with van der Waals surface area (Å²) in [5.74, 6) is -1.31. The van der Waals surface area contributed by atoms with E-state index in [4.69, 9.17) is 0 Å². The minimum Gasteiger partial charge on any atom is -0.304 e. The highest BCUT2D eigenvalue weighted by Crippen LogP contribution is 2.29. The standard InChI is InChI=1S/C10H7BrFNO2/c11-7-5-6(12)1-2-8(7)13-4-3-9(14)10(13)15/h1-2,5H,3-4H2. The highest BCUT2D eigenvalue weighted by atomic mass is 79.9. The number of carbonyl (C=O) groups excluding carboxylic acids is 2. The number of hydrogen-bond donors (Lipinski definition) is 0. The van der Waals surface area contributed by atoms with Crippen molar-refractivity contribution in [3.63, 3.8) is 0 Å². The van der Waals surface area contributed by atoms with Crippen molar-refractivity contribution in [2.45, 2.75) is 6.42 Å². The van der Waals surface area contributed by atoms with E-state index in [1.54, 1.807) is 0 Å². The van der Waals surface area contributed by atoms with E-state index in [0.29, 0.717) is 16.7 Å². The van der Waals surface area contributed by atoms with Crippen LogP contribution < -0.4 is 4.90 Å². The number of Topliss-reactive ketones (excluding diaryl/α,β-unsaturated/α-hetero) is 1. The van der Waals surface area contributed by atoms with Gasteiger partial charge in [-0.1, -0.05) is 0 Å². The molecule has 1 aromatic carbocycles. The second-order valence-electron chi connectivity index (χ2n) is 3.23. The number of hydrogen-bond acceptors (Lipinski definition) is 2. The molecular weight excluding hydrogens is 265 g/mol. The first kappa shape index (κ1) is 10.3. The van der Waals surface area contributed by atoms with Gasteiger partial charge in [0.2, 0.25) is 5.78 Å². The maximum atomic E-state index is 12.8. The molecule has 3 nitrogen and oxygen atoms in total. The van der Waals surface area contributed by atoms with Crippen molar-refractivity contribution in [3.05, 3.63) is 28.5 Å². The van der Waals surface area contributed by atoms with Crippen molar-refractivity contribution < 1.29 is 14.0 Å². The minimum absolute atomic E-state index is 0.225. The molecule has 1 aliphatic rings. The van der Waals surface area contributed by atoms with E-state index in [0.717, 1.165) is 0 Å². The predicted octanol–water partition coefficient (Wildman–Crippen LogP) is 1.89. The van der Waals surface area contributed by atoms with Crippen LogP contribution in [0.2, 0.25) is 0 Å². The average Bonchev–Trinajstić information content (AvgIpc) is 2.49. The molecule has 1 saturated heterocycles. The van der Waals surface area contributed by atoms with Crippen molar-refractivity contribution in [3.8, 4) is 0 Å². The topological polar surface area (TPSA) is 37.4 Å². The van der Waals surface area contributed by atoms with Crippen LogP contribution >= 0.6 is 15.9 Å². The van der Waals surface area contributed by atoms with E-state index < -0.39 is 11.7 Å². The van der Waals surface area contributed by atoms with Gasteiger partial charge >= 0.3 is 0 Å². The molecule has 0 bridgehead atoms. The summed E-state index contributed by atoms with van der Waals surface area (Å²) in [6, 6.07) is 4.01. The fourth-order valence-corrected chi connectivity index (χ4v) is 2.07. The molecule has 0 aromatic heterocycles. The molecule has 15 heavy (non-hydrogen) atoms. The fraction of sp³-hybridized carbons (Fsp3) is 0.200. The normalized spacial score (nSPS) is 16.3. The molecule has 0 radical (unpaired) electrons. The minimum atomic E-state index is -0.526. The van der Waals surface area contributed by atoms with Gasteiger partial charge in [0.15, 0.2) is 0 Å². The van der Waals surface area contributed by atoms with Gasteiger partial charge in [-0.25, -0.2) is 4.39 Å². The van der Waals surface area contributed by atoms with Gasteiger partial charge in [-0.3, -0.25) is 9.59 Å². The van der Waals surface area contributed by atoms with Crippen LogP contribution in [0.5, 0.6) is 0 Å². The summed E-state index contributed by atoms with van der Waals surface area (Å²) in [7, 11) is 0. The third-order valence-corrected chi connectivity index (χ3v) is 2.88. The number of nitrogens with zero attached hydrogens (tertiary/aromatic N) is 1. The molecule has 0 atom stereocenters. The Hall–Kier alpha value is -1.23. The van der Waals surface area contributed by atoms with Crippen LogP contribution in [0.25, 0.3) is 0 Å². The van der Waals surface area contributed by atoms with Gasteiger partial charge in [-0.2, -0.15) is 0 Å². The Morgan fingerprint density at radius 3 is 2.60 bits per heavy atom. The number of ketones is 1. The molecular formula is C10H7BrFNO2. The smallest absolute Gasteiger partial charge is 0.294 e. The predicted molar refractivity (Wildman–Crippen MR) is 56.1 cm³/mol. The van der Waals surface area contributed by atoms with Crippen LogP contribution in [0.1, 0.15) is 6.42 Å². The molecule has 1 aromatic rings. The third-order valence-electron chi connectivity index (χ3n) is 2.25. The van der Waals surface area contributed by atoms with Crippen molar-refractivity contribution >= 4 is 33.3 Å². The van der Waals surface area contributed by atoms with Gasteiger partial charge in [0.25, 0.3) is 5.91 Å². The maximum Gasteiger partial charge on any atom is 0.294 e. The number of rotatable bonds is 1. The summed E-state index contributed by atoms with van der Waals surface area (Å²) in [4.78, 5) is 23.8. The lowest BCUT2D eigenvalue weighted by molar-refractivity contribution is -0.133. The van der Waals surface area contributed by atoms with E-state index in [2.05, 4.69) is 15.9 Å². The Morgan fingerprint density at radius 2 is 2.07 bits per heavy atom. The van der Waals surface area contributed by atoms with E-state index in [1.165, 1.54) is 23.1 Å². The van der Waals surface area contributed by atoms with Crippen LogP contribution in [-0.2, 0) is 9.59 Å². The third kappa shape index (κ3) is 1.79. The van der Waals surface area contributed by atoms with Crippen LogP contribution in [0.3, 0.4) is 0 Å². The molecule has 5 heteroatoms. The molecule has 2 rings (SSSR count). The molecule has 0 spiro atoms.